The van der Waals surface area contributed by atoms with Crippen LogP contribution < -0.4 is 5.32 Å². The van der Waals surface area contributed by atoms with Gasteiger partial charge in [0, 0.05) is 18.8 Å². The van der Waals surface area contributed by atoms with Gasteiger partial charge in [-0.1, -0.05) is 25.1 Å². The summed E-state index contributed by atoms with van der Waals surface area (Å²) < 4.78 is 7.49. The summed E-state index contributed by atoms with van der Waals surface area (Å²) in [6.07, 6.45) is 4.10. The Morgan fingerprint density at radius 2 is 2.07 bits per heavy atom. The average molecular weight is 378 g/mol. The normalized spacial score (nSPS) is 17.1. The maximum Gasteiger partial charge on any atom is 0.255 e. The fraction of sp³-hybridized carbons (Fsp3) is 0.364. The van der Waals surface area contributed by atoms with Gasteiger partial charge in [-0.2, -0.15) is 5.10 Å². The summed E-state index contributed by atoms with van der Waals surface area (Å²) in [6.45, 7) is 6.83. The molecule has 1 fully saturated rings. The lowest BCUT2D eigenvalue weighted by molar-refractivity contribution is 0.0942. The molecule has 1 aliphatic heterocycles. The third-order valence-electron chi connectivity index (χ3n) is 5.36. The molecule has 1 saturated heterocycles. The van der Waals surface area contributed by atoms with Crippen molar-refractivity contribution in [2.45, 2.75) is 32.7 Å². The molecule has 1 N–H and O–H groups in total. The Bertz CT molecular complexity index is 945. The average Bonchev–Trinajstić information content (AvgIpc) is 3.45. The first-order chi connectivity index (χ1) is 13.7. The first kappa shape index (κ1) is 18.5. The number of hydrogen-bond acceptors (Lipinski definition) is 4. The Balaban J connectivity index is 1.61. The van der Waals surface area contributed by atoms with Crippen LogP contribution in [0.1, 0.15) is 35.9 Å². The first-order valence-corrected chi connectivity index (χ1v) is 9.90. The molecule has 1 amide bonds. The van der Waals surface area contributed by atoms with Gasteiger partial charge in [-0.25, -0.2) is 4.68 Å². The highest BCUT2D eigenvalue weighted by molar-refractivity contribution is 5.99. The van der Waals surface area contributed by atoms with Crippen molar-refractivity contribution in [1.82, 2.24) is 20.0 Å². The molecule has 1 atom stereocenters. The Kier molecular flexibility index (Phi) is 5.30. The summed E-state index contributed by atoms with van der Waals surface area (Å²) in [5, 5.41) is 7.76. The smallest absolute Gasteiger partial charge is 0.255 e. The maximum atomic E-state index is 13.0. The second kappa shape index (κ2) is 8.02. The second-order valence-corrected chi connectivity index (χ2v) is 7.22. The minimum absolute atomic E-state index is 0.116. The largest absolute Gasteiger partial charge is 0.460 e. The number of carbonyl (C=O) groups excluding carboxylic acids is 1. The molecule has 6 nitrogen and oxygen atoms in total. The number of aryl methyl sites for hydroxylation is 1. The van der Waals surface area contributed by atoms with Crippen molar-refractivity contribution in [1.29, 1.82) is 0 Å². The van der Waals surface area contributed by atoms with Crippen molar-refractivity contribution in [2.24, 2.45) is 0 Å². The van der Waals surface area contributed by atoms with E-state index < -0.39 is 0 Å². The van der Waals surface area contributed by atoms with Gasteiger partial charge in [0.15, 0.2) is 5.76 Å². The molecule has 0 saturated carbocycles. The van der Waals surface area contributed by atoms with E-state index in [1.54, 1.807) is 10.9 Å². The molecule has 28 heavy (non-hydrogen) atoms. The zero-order valence-corrected chi connectivity index (χ0v) is 16.4. The van der Waals surface area contributed by atoms with Gasteiger partial charge in [0.25, 0.3) is 5.91 Å². The predicted octanol–water partition coefficient (Wildman–Crippen LogP) is 3.65. The zero-order valence-electron chi connectivity index (χ0n) is 16.4. The molecule has 0 bridgehead atoms. The fourth-order valence-corrected chi connectivity index (χ4v) is 3.85. The van der Waals surface area contributed by atoms with Crippen molar-refractivity contribution in [2.75, 3.05) is 19.6 Å². The van der Waals surface area contributed by atoms with E-state index in [1.165, 1.54) is 6.42 Å². The Labute approximate surface area is 165 Å². The van der Waals surface area contributed by atoms with Crippen LogP contribution in [-0.4, -0.2) is 46.3 Å². The van der Waals surface area contributed by atoms with Crippen LogP contribution in [0.15, 0.2) is 53.1 Å². The number of rotatable bonds is 6. The van der Waals surface area contributed by atoms with E-state index in [4.69, 9.17) is 4.42 Å². The SMILES string of the molecule is CCN1CCCC1CNC(=O)c1cn(-c2ccccc2)nc1-c1ccc(C)o1. The summed E-state index contributed by atoms with van der Waals surface area (Å²) >= 11 is 0. The van der Waals surface area contributed by atoms with Crippen LogP contribution in [-0.2, 0) is 0 Å². The zero-order chi connectivity index (χ0) is 19.5. The van der Waals surface area contributed by atoms with Crippen molar-refractivity contribution in [3.05, 3.63) is 60.0 Å². The number of benzene rings is 1. The van der Waals surface area contributed by atoms with Gasteiger partial charge in [-0.3, -0.25) is 9.69 Å². The Morgan fingerprint density at radius 3 is 2.79 bits per heavy atom. The van der Waals surface area contributed by atoms with E-state index in [-0.39, 0.29) is 5.91 Å². The lowest BCUT2D eigenvalue weighted by atomic mass is 10.1. The number of amides is 1. The monoisotopic (exact) mass is 378 g/mol. The van der Waals surface area contributed by atoms with E-state index in [0.29, 0.717) is 29.6 Å². The standard InChI is InChI=1S/C22H26N4O2/c1-3-25-13-7-10-18(25)14-23-22(27)19-15-26(17-8-5-4-6-9-17)24-21(19)20-12-11-16(2)28-20/h4-6,8-9,11-12,15,18H,3,7,10,13-14H2,1-2H3,(H,23,27). The van der Waals surface area contributed by atoms with Crippen molar-refractivity contribution in [3.8, 4) is 17.1 Å². The topological polar surface area (TPSA) is 63.3 Å². The molecule has 3 heterocycles. The molecule has 0 spiro atoms. The minimum Gasteiger partial charge on any atom is -0.460 e. The Hall–Kier alpha value is -2.86. The molecule has 0 radical (unpaired) electrons. The molecule has 1 aliphatic rings. The number of aromatic nitrogens is 2. The third kappa shape index (κ3) is 3.73. The fourth-order valence-electron chi connectivity index (χ4n) is 3.85. The summed E-state index contributed by atoms with van der Waals surface area (Å²) in [6, 6.07) is 13.9. The minimum atomic E-state index is -0.116. The number of likely N-dealkylation sites (tertiary alicyclic amines) is 1. The van der Waals surface area contributed by atoms with Crippen LogP contribution in [0.5, 0.6) is 0 Å². The van der Waals surface area contributed by atoms with Crippen molar-refractivity contribution in [3.63, 3.8) is 0 Å². The molecular weight excluding hydrogens is 352 g/mol. The van der Waals surface area contributed by atoms with Gasteiger partial charge in [-0.05, 0) is 57.1 Å². The third-order valence-corrected chi connectivity index (χ3v) is 5.36. The number of para-hydroxylation sites is 1. The second-order valence-electron chi connectivity index (χ2n) is 7.22. The lowest BCUT2D eigenvalue weighted by Crippen LogP contribution is -2.40. The van der Waals surface area contributed by atoms with Crippen LogP contribution in [0.2, 0.25) is 0 Å². The summed E-state index contributed by atoms with van der Waals surface area (Å²) in [5.74, 6) is 1.28. The van der Waals surface area contributed by atoms with Gasteiger partial charge < -0.3 is 9.73 Å². The molecule has 4 rings (SSSR count). The number of carbonyl (C=O) groups is 1. The first-order valence-electron chi connectivity index (χ1n) is 9.90. The quantitative estimate of drug-likeness (QED) is 0.711. The molecule has 0 aliphatic carbocycles. The summed E-state index contributed by atoms with van der Waals surface area (Å²) in [7, 11) is 0. The summed E-state index contributed by atoms with van der Waals surface area (Å²) in [4.78, 5) is 15.4. The number of likely N-dealkylation sites (N-methyl/N-ethyl adjacent to an activating group) is 1. The highest BCUT2D eigenvalue weighted by atomic mass is 16.3. The van der Waals surface area contributed by atoms with Gasteiger partial charge in [0.2, 0.25) is 0 Å². The van der Waals surface area contributed by atoms with Gasteiger partial charge >= 0.3 is 0 Å². The number of furan rings is 1. The molecular formula is C22H26N4O2. The molecule has 2 aromatic heterocycles. The van der Waals surface area contributed by atoms with Gasteiger partial charge in [0.1, 0.15) is 11.5 Å². The number of hydrogen-bond donors (Lipinski definition) is 1. The number of nitrogens with zero attached hydrogens (tertiary/aromatic N) is 3. The van der Waals surface area contributed by atoms with Crippen LogP contribution >= 0.6 is 0 Å². The highest BCUT2D eigenvalue weighted by Gasteiger charge is 2.25. The van der Waals surface area contributed by atoms with E-state index in [1.807, 2.05) is 49.4 Å². The molecule has 1 aromatic carbocycles. The van der Waals surface area contributed by atoms with Gasteiger partial charge in [-0.15, -0.1) is 0 Å². The Morgan fingerprint density at radius 1 is 1.25 bits per heavy atom. The number of nitrogens with one attached hydrogen (secondary N) is 1. The molecule has 6 heteroatoms. The molecule has 3 aromatic rings. The molecule has 146 valence electrons. The maximum absolute atomic E-state index is 13.0. The van der Waals surface area contributed by atoms with Crippen LogP contribution in [0.3, 0.4) is 0 Å². The molecule has 1 unspecified atom stereocenters. The van der Waals surface area contributed by atoms with E-state index in [0.717, 1.165) is 31.0 Å². The van der Waals surface area contributed by atoms with Crippen molar-refractivity contribution < 1.29 is 9.21 Å². The van der Waals surface area contributed by atoms with E-state index in [9.17, 15) is 4.79 Å². The van der Waals surface area contributed by atoms with Crippen LogP contribution in [0, 0.1) is 6.92 Å². The van der Waals surface area contributed by atoms with Crippen LogP contribution in [0.4, 0.5) is 0 Å². The summed E-state index contributed by atoms with van der Waals surface area (Å²) in [5.41, 5.74) is 1.99. The lowest BCUT2D eigenvalue weighted by Gasteiger charge is -2.22. The van der Waals surface area contributed by atoms with E-state index >= 15 is 0 Å². The highest BCUT2D eigenvalue weighted by Crippen LogP contribution is 2.26. The predicted molar refractivity (Wildman–Crippen MR) is 109 cm³/mol. The van der Waals surface area contributed by atoms with Crippen molar-refractivity contribution >= 4 is 5.91 Å². The van der Waals surface area contributed by atoms with Crippen LogP contribution in [0.25, 0.3) is 17.1 Å². The van der Waals surface area contributed by atoms with E-state index in [2.05, 4.69) is 22.2 Å². The van der Waals surface area contributed by atoms with Gasteiger partial charge in [0.05, 0.1) is 11.3 Å².